The molecule has 0 saturated heterocycles. The molecule has 0 fully saturated rings. The summed E-state index contributed by atoms with van der Waals surface area (Å²) in [7, 11) is 1.64. The fourth-order valence-corrected chi connectivity index (χ4v) is 2.57. The van der Waals surface area contributed by atoms with E-state index in [2.05, 4.69) is 12.6 Å². The third-order valence-corrected chi connectivity index (χ3v) is 3.60. The lowest BCUT2D eigenvalue weighted by molar-refractivity contribution is 0.415. The number of rotatable bonds is 4. The molecular weight excluding hydrogens is 274 g/mol. The molecule has 22 heavy (non-hydrogen) atoms. The van der Waals surface area contributed by atoms with Gasteiger partial charge in [-0.15, -0.1) is 6.58 Å². The Morgan fingerprint density at radius 1 is 1.23 bits per heavy atom. The number of nitrogens with zero attached hydrogens (tertiary/aromatic N) is 1. The summed E-state index contributed by atoms with van der Waals surface area (Å²) in [6, 6.07) is 15.5. The van der Waals surface area contributed by atoms with Crippen molar-refractivity contribution in [3.8, 4) is 22.9 Å². The van der Waals surface area contributed by atoms with Crippen LogP contribution in [-0.2, 0) is 6.42 Å². The minimum Gasteiger partial charge on any atom is -0.497 e. The van der Waals surface area contributed by atoms with E-state index >= 15 is 0 Å². The Bertz CT molecular complexity index is 867. The van der Waals surface area contributed by atoms with Gasteiger partial charge < -0.3 is 9.15 Å². The number of methoxy groups -OCH3 is 1. The minimum absolute atomic E-state index is 0.619. The van der Waals surface area contributed by atoms with E-state index in [1.54, 1.807) is 13.2 Å². The first-order valence-corrected chi connectivity index (χ1v) is 6.97. The van der Waals surface area contributed by atoms with E-state index in [9.17, 15) is 0 Å². The highest BCUT2D eigenvalue weighted by atomic mass is 16.5. The van der Waals surface area contributed by atoms with Gasteiger partial charge in [-0.3, -0.25) is 0 Å². The Kier molecular flexibility index (Phi) is 3.67. The van der Waals surface area contributed by atoms with Crippen molar-refractivity contribution in [3.05, 3.63) is 66.4 Å². The zero-order valence-corrected chi connectivity index (χ0v) is 12.3. The van der Waals surface area contributed by atoms with Gasteiger partial charge >= 0.3 is 0 Å². The molecule has 0 radical (unpaired) electrons. The third kappa shape index (κ3) is 2.36. The maximum absolute atomic E-state index is 9.12. The Hall–Kier alpha value is -2.99. The number of furan rings is 1. The molecule has 0 aliphatic rings. The summed E-state index contributed by atoms with van der Waals surface area (Å²) >= 11 is 0. The second-order valence-corrected chi connectivity index (χ2v) is 4.94. The molecule has 1 aromatic heterocycles. The molecule has 3 heteroatoms. The molecule has 0 spiro atoms. The second-order valence-electron chi connectivity index (χ2n) is 4.94. The standard InChI is InChI=1S/C19H15NO2/c1-3-4-18-19(14-6-8-15(21-2)9-7-14)16-11-13(12-20)5-10-17(16)22-18/h3,5-11H,1,4H2,2H3. The van der Waals surface area contributed by atoms with E-state index in [1.807, 2.05) is 42.5 Å². The Balaban J connectivity index is 2.25. The number of benzene rings is 2. The molecule has 0 atom stereocenters. The van der Waals surface area contributed by atoms with Crippen molar-refractivity contribution >= 4 is 11.0 Å². The molecule has 0 unspecified atom stereocenters. The van der Waals surface area contributed by atoms with Crippen LogP contribution in [0, 0.1) is 11.3 Å². The Morgan fingerprint density at radius 3 is 2.64 bits per heavy atom. The Morgan fingerprint density at radius 2 is 2.00 bits per heavy atom. The molecule has 0 aliphatic carbocycles. The molecule has 3 rings (SSSR count). The molecule has 1 heterocycles. The lowest BCUT2D eigenvalue weighted by atomic mass is 9.99. The number of allylic oxidation sites excluding steroid dienone is 1. The first-order chi connectivity index (χ1) is 10.8. The molecule has 3 aromatic rings. The maximum atomic E-state index is 9.12. The number of hydrogen-bond donors (Lipinski definition) is 0. The van der Waals surface area contributed by atoms with Crippen molar-refractivity contribution in [2.75, 3.05) is 7.11 Å². The number of nitriles is 1. The average molecular weight is 289 g/mol. The zero-order chi connectivity index (χ0) is 15.5. The van der Waals surface area contributed by atoms with Gasteiger partial charge in [-0.25, -0.2) is 0 Å². The largest absolute Gasteiger partial charge is 0.497 e. The second kappa shape index (κ2) is 5.79. The van der Waals surface area contributed by atoms with Crippen LogP contribution in [-0.4, -0.2) is 7.11 Å². The maximum Gasteiger partial charge on any atom is 0.135 e. The predicted molar refractivity (Wildman–Crippen MR) is 86.8 cm³/mol. The molecule has 0 amide bonds. The molecule has 108 valence electrons. The van der Waals surface area contributed by atoms with Crippen LogP contribution in [0.2, 0.25) is 0 Å². The highest BCUT2D eigenvalue weighted by Gasteiger charge is 2.15. The molecule has 0 bridgehead atoms. The monoisotopic (exact) mass is 289 g/mol. The molecule has 3 nitrogen and oxygen atoms in total. The smallest absolute Gasteiger partial charge is 0.135 e. The van der Waals surface area contributed by atoms with Gasteiger partial charge in [0.05, 0.1) is 18.7 Å². The highest BCUT2D eigenvalue weighted by Crippen LogP contribution is 2.36. The first-order valence-electron chi connectivity index (χ1n) is 6.97. The van der Waals surface area contributed by atoms with E-state index in [4.69, 9.17) is 14.4 Å². The highest BCUT2D eigenvalue weighted by molar-refractivity contribution is 5.96. The van der Waals surface area contributed by atoms with Crippen LogP contribution >= 0.6 is 0 Å². The fourth-order valence-electron chi connectivity index (χ4n) is 2.57. The lowest BCUT2D eigenvalue weighted by Gasteiger charge is -2.04. The van der Waals surface area contributed by atoms with Crippen molar-refractivity contribution in [3.63, 3.8) is 0 Å². The van der Waals surface area contributed by atoms with Crippen LogP contribution in [0.1, 0.15) is 11.3 Å². The van der Waals surface area contributed by atoms with Gasteiger partial charge in [-0.05, 0) is 35.9 Å². The lowest BCUT2D eigenvalue weighted by Crippen LogP contribution is -1.86. The average Bonchev–Trinajstić information content (AvgIpc) is 2.92. The van der Waals surface area contributed by atoms with Gasteiger partial charge in [0.25, 0.3) is 0 Å². The van der Waals surface area contributed by atoms with Gasteiger partial charge in [-0.2, -0.15) is 5.26 Å². The van der Waals surface area contributed by atoms with Crippen LogP contribution in [0.3, 0.4) is 0 Å². The van der Waals surface area contributed by atoms with Crippen LogP contribution in [0.5, 0.6) is 5.75 Å². The van der Waals surface area contributed by atoms with Gasteiger partial charge in [0.15, 0.2) is 0 Å². The first kappa shape index (κ1) is 14.0. The summed E-state index contributed by atoms with van der Waals surface area (Å²) in [5, 5.41) is 10.1. The van der Waals surface area contributed by atoms with E-state index < -0.39 is 0 Å². The fraction of sp³-hybridized carbons (Fsp3) is 0.105. The van der Waals surface area contributed by atoms with Crippen molar-refractivity contribution < 1.29 is 9.15 Å². The van der Waals surface area contributed by atoms with Crippen molar-refractivity contribution in [1.82, 2.24) is 0 Å². The van der Waals surface area contributed by atoms with Gasteiger partial charge in [0, 0.05) is 17.4 Å². The normalized spacial score (nSPS) is 10.4. The topological polar surface area (TPSA) is 46.2 Å². The molecular formula is C19H15NO2. The van der Waals surface area contributed by atoms with Gasteiger partial charge in [0.2, 0.25) is 0 Å². The van der Waals surface area contributed by atoms with Crippen molar-refractivity contribution in [2.45, 2.75) is 6.42 Å². The number of fused-ring (bicyclic) bond motifs is 1. The van der Waals surface area contributed by atoms with Crippen molar-refractivity contribution in [2.24, 2.45) is 0 Å². The van der Waals surface area contributed by atoms with Gasteiger partial charge in [0.1, 0.15) is 17.1 Å². The zero-order valence-electron chi connectivity index (χ0n) is 12.3. The molecule has 2 aromatic carbocycles. The quantitative estimate of drug-likeness (QED) is 0.653. The molecule has 0 aliphatic heterocycles. The summed E-state index contributed by atoms with van der Waals surface area (Å²) in [5.41, 5.74) is 3.44. The van der Waals surface area contributed by atoms with Crippen molar-refractivity contribution in [1.29, 1.82) is 5.26 Å². The van der Waals surface area contributed by atoms with Crippen LogP contribution in [0.25, 0.3) is 22.1 Å². The SMILES string of the molecule is C=CCc1oc2ccc(C#N)cc2c1-c1ccc(OC)cc1. The predicted octanol–water partition coefficient (Wildman–Crippen LogP) is 4.71. The van der Waals surface area contributed by atoms with E-state index in [0.29, 0.717) is 12.0 Å². The minimum atomic E-state index is 0.619. The van der Waals surface area contributed by atoms with Crippen LogP contribution < -0.4 is 4.74 Å². The third-order valence-electron chi connectivity index (χ3n) is 3.60. The Labute approximate surface area is 129 Å². The molecule has 0 saturated carbocycles. The van der Waals surface area contributed by atoms with E-state index in [1.165, 1.54) is 0 Å². The number of ether oxygens (including phenoxy) is 1. The summed E-state index contributed by atoms with van der Waals surface area (Å²) in [6.07, 6.45) is 2.45. The van der Waals surface area contributed by atoms with E-state index in [-0.39, 0.29) is 0 Å². The summed E-state index contributed by atoms with van der Waals surface area (Å²) in [6.45, 7) is 3.79. The van der Waals surface area contributed by atoms with Crippen LogP contribution in [0.15, 0.2) is 59.5 Å². The van der Waals surface area contributed by atoms with E-state index in [0.717, 1.165) is 33.6 Å². The van der Waals surface area contributed by atoms with Crippen LogP contribution in [0.4, 0.5) is 0 Å². The summed E-state index contributed by atoms with van der Waals surface area (Å²) in [5.74, 6) is 1.66. The van der Waals surface area contributed by atoms with Gasteiger partial charge in [-0.1, -0.05) is 18.2 Å². The molecule has 0 N–H and O–H groups in total. The number of hydrogen-bond acceptors (Lipinski definition) is 3. The summed E-state index contributed by atoms with van der Waals surface area (Å²) in [4.78, 5) is 0. The summed E-state index contributed by atoms with van der Waals surface area (Å²) < 4.78 is 11.1.